The lowest BCUT2D eigenvalue weighted by Gasteiger charge is -2.23. The van der Waals surface area contributed by atoms with Crippen LogP contribution in [-0.4, -0.2) is 18.1 Å². The highest BCUT2D eigenvalue weighted by Crippen LogP contribution is 2.28. The zero-order valence-corrected chi connectivity index (χ0v) is 19.0. The van der Waals surface area contributed by atoms with E-state index in [4.69, 9.17) is 10.7 Å². The highest BCUT2D eigenvalue weighted by molar-refractivity contribution is 5.87. The Balaban J connectivity index is 0.00000124. The largest absolute Gasteiger partial charge is 0.398 e. The van der Waals surface area contributed by atoms with Crippen LogP contribution in [0.1, 0.15) is 38.8 Å². The number of nitrogen functional groups attached to an aromatic ring is 1. The maximum absolute atomic E-state index is 6.27. The molecule has 0 saturated heterocycles. The Labute approximate surface area is 180 Å². The fourth-order valence-corrected chi connectivity index (χ4v) is 3.92. The van der Waals surface area contributed by atoms with Gasteiger partial charge in [-0.3, -0.25) is 0 Å². The first kappa shape index (κ1) is 21.6. The number of aromatic nitrogens is 2. The molecule has 0 fully saturated rings. The van der Waals surface area contributed by atoms with Crippen LogP contribution in [0.2, 0.25) is 0 Å². The van der Waals surface area contributed by atoms with Crippen molar-refractivity contribution in [3.05, 3.63) is 65.7 Å². The number of aryl methyl sites for hydroxylation is 2. The van der Waals surface area contributed by atoms with Crippen molar-refractivity contribution in [1.82, 2.24) is 4.98 Å². The molecule has 3 aromatic carbocycles. The SMILES string of the molecule is CC.CCN(CC)c1cc2c(cc1C)nc1cc(C)c(N)cc1[n+]2-c1ccccc1. The van der Waals surface area contributed by atoms with Crippen LogP contribution in [0, 0.1) is 13.8 Å². The van der Waals surface area contributed by atoms with E-state index >= 15 is 0 Å². The second-order valence-electron chi connectivity index (χ2n) is 7.28. The van der Waals surface area contributed by atoms with E-state index in [1.807, 2.05) is 32.9 Å². The van der Waals surface area contributed by atoms with Crippen molar-refractivity contribution >= 4 is 33.4 Å². The monoisotopic (exact) mass is 401 g/mol. The summed E-state index contributed by atoms with van der Waals surface area (Å²) in [5.41, 5.74) is 15.8. The zero-order valence-electron chi connectivity index (χ0n) is 19.0. The van der Waals surface area contributed by atoms with Gasteiger partial charge in [-0.1, -0.05) is 32.0 Å². The van der Waals surface area contributed by atoms with E-state index in [2.05, 4.69) is 72.7 Å². The van der Waals surface area contributed by atoms with E-state index in [9.17, 15) is 0 Å². The second-order valence-corrected chi connectivity index (χ2v) is 7.28. The molecule has 4 rings (SSSR count). The molecular weight excluding hydrogens is 368 g/mol. The van der Waals surface area contributed by atoms with Crippen LogP contribution in [-0.2, 0) is 0 Å². The molecule has 4 heteroatoms. The highest BCUT2D eigenvalue weighted by Gasteiger charge is 2.22. The highest BCUT2D eigenvalue weighted by atomic mass is 15.1. The van der Waals surface area contributed by atoms with Gasteiger partial charge in [-0.15, -0.1) is 4.57 Å². The van der Waals surface area contributed by atoms with Crippen molar-refractivity contribution < 1.29 is 4.57 Å². The Bertz CT molecular complexity index is 1160. The van der Waals surface area contributed by atoms with E-state index in [0.29, 0.717) is 0 Å². The maximum atomic E-state index is 6.27. The van der Waals surface area contributed by atoms with Gasteiger partial charge in [0.05, 0.1) is 0 Å². The summed E-state index contributed by atoms with van der Waals surface area (Å²) in [7, 11) is 0. The number of nitrogens with zero attached hydrogens (tertiary/aromatic N) is 3. The molecule has 4 nitrogen and oxygen atoms in total. The minimum absolute atomic E-state index is 0.786. The molecule has 0 radical (unpaired) electrons. The minimum atomic E-state index is 0.786. The number of nitrogens with two attached hydrogens (primary N) is 1. The topological polar surface area (TPSA) is 46.0 Å². The molecule has 0 unspecified atom stereocenters. The van der Waals surface area contributed by atoms with E-state index in [0.717, 1.165) is 52.1 Å². The van der Waals surface area contributed by atoms with Gasteiger partial charge in [0.1, 0.15) is 11.0 Å². The summed E-state index contributed by atoms with van der Waals surface area (Å²) in [6, 6.07) is 19.0. The number of fused-ring (bicyclic) bond motifs is 2. The molecule has 0 aliphatic rings. The van der Waals surface area contributed by atoms with Crippen molar-refractivity contribution in [2.75, 3.05) is 23.7 Å². The Morgan fingerprint density at radius 2 is 1.40 bits per heavy atom. The van der Waals surface area contributed by atoms with Crippen LogP contribution >= 0.6 is 0 Å². The normalized spacial score (nSPS) is 10.7. The first-order chi connectivity index (χ1) is 14.5. The van der Waals surface area contributed by atoms with E-state index in [1.165, 1.54) is 11.3 Å². The molecule has 0 bridgehead atoms. The van der Waals surface area contributed by atoms with Crippen molar-refractivity contribution in [2.24, 2.45) is 0 Å². The third kappa shape index (κ3) is 3.82. The standard InChI is InChI=1S/C24H26N4.C2H6/c1-5-27(6-2)22-15-24-21(13-17(22)4)26-20-12-16(3)19(25)14-23(20)28(24)18-10-8-7-9-11-18;1-2/h7-15,25H,5-6H2,1-4H3;1-2H3/p+1. The lowest BCUT2D eigenvalue weighted by Crippen LogP contribution is -2.34. The quantitative estimate of drug-likeness (QED) is 0.270. The lowest BCUT2D eigenvalue weighted by molar-refractivity contribution is -0.538. The third-order valence-corrected chi connectivity index (χ3v) is 5.50. The Kier molecular flexibility index (Phi) is 6.56. The number of para-hydroxylation sites is 1. The van der Waals surface area contributed by atoms with E-state index in [-0.39, 0.29) is 0 Å². The summed E-state index contributed by atoms with van der Waals surface area (Å²) in [4.78, 5) is 7.37. The number of anilines is 2. The van der Waals surface area contributed by atoms with Gasteiger partial charge >= 0.3 is 0 Å². The second kappa shape index (κ2) is 9.12. The summed E-state index contributed by atoms with van der Waals surface area (Å²) in [6.07, 6.45) is 0. The number of hydrogen-bond donors (Lipinski definition) is 1. The molecule has 0 spiro atoms. The van der Waals surface area contributed by atoms with Crippen molar-refractivity contribution in [3.63, 3.8) is 0 Å². The van der Waals surface area contributed by atoms with Crippen molar-refractivity contribution in [2.45, 2.75) is 41.5 Å². The Morgan fingerprint density at radius 1 is 0.833 bits per heavy atom. The van der Waals surface area contributed by atoms with Crippen LogP contribution in [0.5, 0.6) is 0 Å². The number of rotatable bonds is 4. The van der Waals surface area contributed by atoms with Crippen LogP contribution < -0.4 is 15.2 Å². The first-order valence-electron chi connectivity index (χ1n) is 10.9. The predicted octanol–water partition coefficient (Wildman–Crippen LogP) is 5.74. The van der Waals surface area contributed by atoms with Gasteiger partial charge in [-0.05, 0) is 51.0 Å². The summed E-state index contributed by atoms with van der Waals surface area (Å²) < 4.78 is 2.28. The molecule has 0 saturated carbocycles. The average molecular weight is 402 g/mol. The molecule has 2 N–H and O–H groups in total. The smallest absolute Gasteiger partial charge is 0.239 e. The fraction of sp³-hybridized carbons (Fsp3) is 0.308. The van der Waals surface area contributed by atoms with Gasteiger partial charge in [0.2, 0.25) is 16.7 Å². The van der Waals surface area contributed by atoms with Gasteiger partial charge in [0.25, 0.3) is 0 Å². The van der Waals surface area contributed by atoms with Gasteiger partial charge in [0.15, 0.2) is 0 Å². The average Bonchev–Trinajstić information content (AvgIpc) is 2.77. The minimum Gasteiger partial charge on any atom is -0.398 e. The zero-order chi connectivity index (χ0) is 21.8. The molecule has 1 aromatic heterocycles. The molecule has 0 aliphatic heterocycles. The van der Waals surface area contributed by atoms with Crippen molar-refractivity contribution in [1.29, 1.82) is 0 Å². The molecule has 4 aromatic rings. The number of benzene rings is 3. The Hall–Kier alpha value is -3.14. The summed E-state index contributed by atoms with van der Waals surface area (Å²) in [5.74, 6) is 0. The summed E-state index contributed by atoms with van der Waals surface area (Å²) in [6.45, 7) is 14.5. The molecule has 0 aliphatic carbocycles. The van der Waals surface area contributed by atoms with Crippen molar-refractivity contribution in [3.8, 4) is 5.69 Å². The fourth-order valence-electron chi connectivity index (χ4n) is 3.92. The summed E-state index contributed by atoms with van der Waals surface area (Å²) in [5, 5.41) is 0. The van der Waals surface area contributed by atoms with E-state index in [1.54, 1.807) is 0 Å². The van der Waals surface area contributed by atoms with Crippen LogP contribution in [0.25, 0.3) is 27.8 Å². The van der Waals surface area contributed by atoms with Gasteiger partial charge in [0, 0.05) is 48.7 Å². The molecule has 0 atom stereocenters. The van der Waals surface area contributed by atoms with E-state index < -0.39 is 0 Å². The molecule has 30 heavy (non-hydrogen) atoms. The third-order valence-electron chi connectivity index (χ3n) is 5.50. The molecule has 0 amide bonds. The first-order valence-corrected chi connectivity index (χ1v) is 10.9. The molecule has 156 valence electrons. The lowest BCUT2D eigenvalue weighted by atomic mass is 10.1. The van der Waals surface area contributed by atoms with Gasteiger partial charge in [-0.2, -0.15) is 0 Å². The summed E-state index contributed by atoms with van der Waals surface area (Å²) >= 11 is 0. The van der Waals surface area contributed by atoms with Gasteiger partial charge in [-0.25, -0.2) is 4.98 Å². The van der Waals surface area contributed by atoms with Crippen LogP contribution in [0.3, 0.4) is 0 Å². The van der Waals surface area contributed by atoms with Crippen LogP contribution in [0.15, 0.2) is 54.6 Å². The predicted molar refractivity (Wildman–Crippen MR) is 130 cm³/mol. The maximum Gasteiger partial charge on any atom is 0.239 e. The Morgan fingerprint density at radius 3 is 2.00 bits per heavy atom. The van der Waals surface area contributed by atoms with Gasteiger partial charge < -0.3 is 10.6 Å². The molecular formula is C26H33N4+. The number of hydrogen-bond acceptors (Lipinski definition) is 3. The van der Waals surface area contributed by atoms with Crippen LogP contribution in [0.4, 0.5) is 11.4 Å². The molecule has 1 heterocycles.